The second kappa shape index (κ2) is 9.79. The Hall–Kier alpha value is -2.49. The second-order valence-electron chi connectivity index (χ2n) is 8.92. The summed E-state index contributed by atoms with van der Waals surface area (Å²) in [5, 5.41) is 3.98. The number of thiophene rings is 1. The van der Waals surface area contributed by atoms with Crippen LogP contribution in [0.25, 0.3) is 6.08 Å². The van der Waals surface area contributed by atoms with Crippen molar-refractivity contribution in [3.8, 4) is 0 Å². The zero-order valence-electron chi connectivity index (χ0n) is 18.7. The summed E-state index contributed by atoms with van der Waals surface area (Å²) in [6.07, 6.45) is 6.06. The van der Waals surface area contributed by atoms with Crippen molar-refractivity contribution in [1.82, 2.24) is 14.5 Å². The van der Waals surface area contributed by atoms with Gasteiger partial charge in [-0.3, -0.25) is 9.59 Å². The predicted molar refractivity (Wildman–Crippen MR) is 129 cm³/mol. The first kappa shape index (κ1) is 23.7. The van der Waals surface area contributed by atoms with Gasteiger partial charge in [-0.25, -0.2) is 13.1 Å². The molecular weight excluding hydrogens is 458 g/mol. The fourth-order valence-corrected chi connectivity index (χ4v) is 6.07. The van der Waals surface area contributed by atoms with Crippen molar-refractivity contribution in [1.29, 1.82) is 0 Å². The standard InChI is InChI=1S/C24H29N3O4S2/c1-19-2-5-21(6-3-19)33(30,31)25-16-23(29)27-14-11-24(18-27)9-12-26(13-10-24)22(28)7-4-20-8-15-32-17-20/h2-8,15,17,25H,9-14,16,18H2,1H3. The van der Waals surface area contributed by atoms with E-state index in [1.54, 1.807) is 34.4 Å². The van der Waals surface area contributed by atoms with Gasteiger partial charge >= 0.3 is 0 Å². The van der Waals surface area contributed by atoms with Crippen LogP contribution < -0.4 is 4.72 Å². The Kier molecular flexibility index (Phi) is 7.02. The van der Waals surface area contributed by atoms with E-state index in [-0.39, 0.29) is 28.7 Å². The summed E-state index contributed by atoms with van der Waals surface area (Å²) in [5.74, 6) is -0.188. The van der Waals surface area contributed by atoms with Crippen LogP contribution in [-0.4, -0.2) is 62.8 Å². The average molecular weight is 488 g/mol. The number of nitrogens with zero attached hydrogens (tertiary/aromatic N) is 2. The number of carbonyl (C=O) groups excluding carboxylic acids is 2. The van der Waals surface area contributed by atoms with Crippen molar-refractivity contribution in [3.63, 3.8) is 0 Å². The fraction of sp³-hybridized carbons (Fsp3) is 0.417. The number of amides is 2. The lowest BCUT2D eigenvalue weighted by atomic mass is 9.78. The lowest BCUT2D eigenvalue weighted by Crippen LogP contribution is -2.45. The van der Waals surface area contributed by atoms with Gasteiger partial charge in [0.25, 0.3) is 0 Å². The Morgan fingerprint density at radius 2 is 1.73 bits per heavy atom. The molecule has 2 aliphatic heterocycles. The quantitative estimate of drug-likeness (QED) is 0.635. The van der Waals surface area contributed by atoms with Gasteiger partial charge in [-0.2, -0.15) is 11.3 Å². The molecule has 3 heterocycles. The highest BCUT2D eigenvalue weighted by Gasteiger charge is 2.42. The molecule has 7 nitrogen and oxygen atoms in total. The Labute approximate surface area is 199 Å². The number of nitrogens with one attached hydrogen (secondary N) is 1. The SMILES string of the molecule is Cc1ccc(S(=O)(=O)NCC(=O)N2CCC3(CCN(C(=O)C=Cc4ccsc4)CC3)C2)cc1. The van der Waals surface area contributed by atoms with Crippen LogP contribution in [0.1, 0.15) is 30.4 Å². The van der Waals surface area contributed by atoms with E-state index in [4.69, 9.17) is 0 Å². The Morgan fingerprint density at radius 1 is 1.06 bits per heavy atom. The zero-order chi connectivity index (χ0) is 23.5. The molecule has 4 rings (SSSR count). The van der Waals surface area contributed by atoms with E-state index in [1.165, 1.54) is 12.1 Å². The number of hydrogen-bond acceptors (Lipinski definition) is 5. The number of piperidine rings is 1. The summed E-state index contributed by atoms with van der Waals surface area (Å²) in [6.45, 7) is 4.23. The molecular formula is C24H29N3O4S2. The first-order valence-corrected chi connectivity index (χ1v) is 13.5. The topological polar surface area (TPSA) is 86.8 Å². The number of hydrogen-bond donors (Lipinski definition) is 1. The number of sulfonamides is 1. The third-order valence-electron chi connectivity index (χ3n) is 6.63. The molecule has 0 radical (unpaired) electrons. The molecule has 0 atom stereocenters. The number of aryl methyl sites for hydroxylation is 1. The van der Waals surface area contributed by atoms with Gasteiger partial charge in [-0.05, 0) is 72.2 Å². The van der Waals surface area contributed by atoms with E-state index in [9.17, 15) is 18.0 Å². The molecule has 2 amide bonds. The number of carbonyl (C=O) groups is 2. The number of likely N-dealkylation sites (tertiary alicyclic amines) is 2. The zero-order valence-corrected chi connectivity index (χ0v) is 20.3. The van der Waals surface area contributed by atoms with Gasteiger partial charge in [-0.15, -0.1) is 0 Å². The van der Waals surface area contributed by atoms with E-state index in [0.29, 0.717) is 26.2 Å². The Balaban J connectivity index is 1.26. The van der Waals surface area contributed by atoms with Gasteiger partial charge in [-0.1, -0.05) is 17.7 Å². The Morgan fingerprint density at radius 3 is 2.36 bits per heavy atom. The van der Waals surface area contributed by atoms with E-state index < -0.39 is 10.0 Å². The minimum Gasteiger partial charge on any atom is -0.341 e. The smallest absolute Gasteiger partial charge is 0.246 e. The van der Waals surface area contributed by atoms with Gasteiger partial charge in [0, 0.05) is 32.3 Å². The number of rotatable bonds is 6. The summed E-state index contributed by atoms with van der Waals surface area (Å²) < 4.78 is 27.4. The first-order valence-electron chi connectivity index (χ1n) is 11.1. The van der Waals surface area contributed by atoms with Crippen molar-refractivity contribution in [2.45, 2.75) is 31.1 Å². The van der Waals surface area contributed by atoms with E-state index in [0.717, 1.165) is 30.4 Å². The highest BCUT2D eigenvalue weighted by atomic mass is 32.2. The Bertz CT molecular complexity index is 1120. The molecule has 9 heteroatoms. The normalized spacial score (nSPS) is 18.3. The maximum absolute atomic E-state index is 12.7. The van der Waals surface area contributed by atoms with Crippen LogP contribution in [0.15, 0.2) is 52.1 Å². The molecule has 1 aromatic heterocycles. The van der Waals surface area contributed by atoms with Crippen molar-refractivity contribution in [2.75, 3.05) is 32.7 Å². The van der Waals surface area contributed by atoms with Crippen LogP contribution in [0.4, 0.5) is 0 Å². The van der Waals surface area contributed by atoms with E-state index in [2.05, 4.69) is 4.72 Å². The first-order chi connectivity index (χ1) is 15.8. The maximum atomic E-state index is 12.7. The lowest BCUT2D eigenvalue weighted by Gasteiger charge is -2.39. The van der Waals surface area contributed by atoms with E-state index in [1.807, 2.05) is 34.7 Å². The summed E-state index contributed by atoms with van der Waals surface area (Å²) in [7, 11) is -3.72. The van der Waals surface area contributed by atoms with E-state index >= 15 is 0 Å². The fourth-order valence-electron chi connectivity index (χ4n) is 4.47. The third-order valence-corrected chi connectivity index (χ3v) is 8.75. The molecule has 2 aromatic rings. The van der Waals surface area contributed by atoms with Gasteiger partial charge in [0.15, 0.2) is 0 Å². The van der Waals surface area contributed by atoms with Crippen LogP contribution in [0.5, 0.6) is 0 Å². The maximum Gasteiger partial charge on any atom is 0.246 e. The molecule has 33 heavy (non-hydrogen) atoms. The summed E-state index contributed by atoms with van der Waals surface area (Å²) >= 11 is 1.60. The van der Waals surface area contributed by atoms with Crippen molar-refractivity contribution in [3.05, 3.63) is 58.3 Å². The second-order valence-corrected chi connectivity index (χ2v) is 11.5. The van der Waals surface area contributed by atoms with Gasteiger partial charge in [0.2, 0.25) is 21.8 Å². The average Bonchev–Trinajstić information content (AvgIpc) is 3.47. The highest BCUT2D eigenvalue weighted by Crippen LogP contribution is 2.40. The lowest BCUT2D eigenvalue weighted by molar-refractivity contribution is -0.131. The minimum absolute atomic E-state index is 0.0132. The molecule has 2 fully saturated rings. The molecule has 0 saturated carbocycles. The van der Waals surface area contributed by atoms with Crippen LogP contribution >= 0.6 is 11.3 Å². The molecule has 176 valence electrons. The molecule has 0 aliphatic carbocycles. The van der Waals surface area contributed by atoms with Crippen LogP contribution in [0.2, 0.25) is 0 Å². The molecule has 1 aromatic carbocycles. The largest absolute Gasteiger partial charge is 0.341 e. The molecule has 1 N–H and O–H groups in total. The van der Waals surface area contributed by atoms with Crippen molar-refractivity contribution in [2.24, 2.45) is 5.41 Å². The van der Waals surface area contributed by atoms with Crippen LogP contribution in [-0.2, 0) is 19.6 Å². The molecule has 0 unspecified atom stereocenters. The summed E-state index contributed by atoms with van der Waals surface area (Å²) in [5.41, 5.74) is 2.02. The molecule has 2 aliphatic rings. The third kappa shape index (κ3) is 5.72. The molecule has 1 spiro atoms. The predicted octanol–water partition coefficient (Wildman–Crippen LogP) is 2.89. The van der Waals surface area contributed by atoms with Crippen LogP contribution in [0, 0.1) is 12.3 Å². The molecule has 2 saturated heterocycles. The van der Waals surface area contributed by atoms with Gasteiger partial charge in [0.05, 0.1) is 11.4 Å². The minimum atomic E-state index is -3.72. The van der Waals surface area contributed by atoms with Crippen molar-refractivity contribution >= 4 is 39.3 Å². The monoisotopic (exact) mass is 487 g/mol. The van der Waals surface area contributed by atoms with Gasteiger partial charge < -0.3 is 9.80 Å². The summed E-state index contributed by atoms with van der Waals surface area (Å²) in [4.78, 5) is 29.0. The van der Waals surface area contributed by atoms with Gasteiger partial charge in [0.1, 0.15) is 0 Å². The molecule has 0 bridgehead atoms. The number of benzene rings is 1. The highest BCUT2D eigenvalue weighted by molar-refractivity contribution is 7.89. The summed E-state index contributed by atoms with van der Waals surface area (Å²) in [6, 6.07) is 8.52. The van der Waals surface area contributed by atoms with Crippen molar-refractivity contribution < 1.29 is 18.0 Å². The van der Waals surface area contributed by atoms with Crippen LogP contribution in [0.3, 0.4) is 0 Å².